The number of aliphatic imine (C=N–C) groups is 1. The van der Waals surface area contributed by atoms with E-state index in [-0.39, 0.29) is 36.9 Å². The van der Waals surface area contributed by atoms with Crippen LogP contribution < -0.4 is 33.2 Å². The van der Waals surface area contributed by atoms with E-state index in [4.69, 9.17) is 17.2 Å². The van der Waals surface area contributed by atoms with Gasteiger partial charge in [-0.25, -0.2) is 4.79 Å². The molecular weight excluding hydrogens is 526 g/mol. The van der Waals surface area contributed by atoms with Crippen molar-refractivity contribution in [2.24, 2.45) is 28.1 Å². The van der Waals surface area contributed by atoms with Gasteiger partial charge in [0.2, 0.25) is 17.7 Å². The predicted octanol–water partition coefficient (Wildman–Crippen LogP) is -0.736. The van der Waals surface area contributed by atoms with E-state index in [9.17, 15) is 29.4 Å². The Labute approximate surface area is 232 Å². The minimum absolute atomic E-state index is 0.0236. The molecule has 4 unspecified atom stereocenters. The normalized spacial score (nSPS) is 14.0. The Kier molecular flexibility index (Phi) is 14.7. The molecule has 0 heterocycles. The minimum Gasteiger partial charge on any atom is -0.508 e. The maximum atomic E-state index is 13.3. The van der Waals surface area contributed by atoms with Gasteiger partial charge in [-0.15, -0.1) is 0 Å². The number of amides is 3. The maximum absolute atomic E-state index is 13.3. The number of benzene rings is 1. The van der Waals surface area contributed by atoms with Crippen LogP contribution in [-0.4, -0.2) is 82.6 Å². The number of nitrogens with zero attached hydrogens (tertiary/aromatic N) is 1. The van der Waals surface area contributed by atoms with Gasteiger partial charge < -0.3 is 43.4 Å². The summed E-state index contributed by atoms with van der Waals surface area (Å²) in [6.45, 7) is 3.76. The van der Waals surface area contributed by atoms with Crippen LogP contribution in [0.3, 0.4) is 0 Å². The number of carboxylic acids is 1. The van der Waals surface area contributed by atoms with Crippen molar-refractivity contribution >= 4 is 41.4 Å². The first-order valence-corrected chi connectivity index (χ1v) is 14.0. The molecule has 1 aromatic carbocycles. The van der Waals surface area contributed by atoms with Crippen molar-refractivity contribution in [1.29, 1.82) is 0 Å². The molecule has 14 heteroatoms. The second kappa shape index (κ2) is 17.1. The van der Waals surface area contributed by atoms with Gasteiger partial charge in [0.15, 0.2) is 5.96 Å². The number of aromatic hydroxyl groups is 1. The highest BCUT2D eigenvalue weighted by Gasteiger charge is 2.31. The van der Waals surface area contributed by atoms with E-state index < -0.39 is 47.9 Å². The number of hydrogen-bond acceptors (Lipinski definition) is 8. The van der Waals surface area contributed by atoms with Gasteiger partial charge in [-0.2, -0.15) is 11.8 Å². The molecule has 0 spiro atoms. The van der Waals surface area contributed by atoms with Gasteiger partial charge in [0.05, 0.1) is 6.04 Å². The predicted molar refractivity (Wildman–Crippen MR) is 151 cm³/mol. The van der Waals surface area contributed by atoms with Crippen molar-refractivity contribution in [2.75, 3.05) is 18.6 Å². The van der Waals surface area contributed by atoms with Crippen molar-refractivity contribution < 1.29 is 29.4 Å². The molecule has 0 aliphatic carbocycles. The maximum Gasteiger partial charge on any atom is 0.326 e. The second-order valence-electron chi connectivity index (χ2n) is 9.40. The van der Waals surface area contributed by atoms with Crippen molar-refractivity contribution in [3.05, 3.63) is 29.8 Å². The van der Waals surface area contributed by atoms with Gasteiger partial charge >= 0.3 is 5.97 Å². The summed E-state index contributed by atoms with van der Waals surface area (Å²) in [6, 6.07) is 1.86. The lowest BCUT2D eigenvalue weighted by atomic mass is 10.00. The Morgan fingerprint density at radius 3 is 2.10 bits per heavy atom. The second-order valence-corrected chi connectivity index (χ2v) is 10.4. The highest BCUT2D eigenvalue weighted by atomic mass is 32.2. The van der Waals surface area contributed by atoms with Crippen LogP contribution in [0.1, 0.15) is 38.7 Å². The number of hydrogen-bond donors (Lipinski definition) is 8. The summed E-state index contributed by atoms with van der Waals surface area (Å²) in [5.74, 6) is -2.91. The first-order valence-electron chi connectivity index (χ1n) is 12.6. The number of phenols is 1. The fraction of sp³-hybridized carbons (Fsp3) is 0.560. The third kappa shape index (κ3) is 12.7. The van der Waals surface area contributed by atoms with Crippen LogP contribution in [0.4, 0.5) is 0 Å². The average Bonchev–Trinajstić information content (AvgIpc) is 2.87. The summed E-state index contributed by atoms with van der Waals surface area (Å²) in [6.07, 6.45) is 2.79. The lowest BCUT2D eigenvalue weighted by molar-refractivity contribution is -0.142. The Morgan fingerprint density at radius 2 is 1.56 bits per heavy atom. The van der Waals surface area contributed by atoms with Crippen LogP contribution >= 0.6 is 11.8 Å². The van der Waals surface area contributed by atoms with Gasteiger partial charge in [0.25, 0.3) is 0 Å². The zero-order chi connectivity index (χ0) is 29.5. The SMILES string of the molecule is CSCCC(NC(=O)C(Cc1ccc(O)cc1)NC(=O)C(NC(=O)C(N)CCCN=C(N)N)C(C)C)C(=O)O. The lowest BCUT2D eigenvalue weighted by Crippen LogP contribution is -2.58. The highest BCUT2D eigenvalue weighted by Crippen LogP contribution is 2.13. The standard InChI is InChI=1S/C25H41N7O6S/c1-14(2)20(32-21(34)17(26)5-4-11-29-25(27)28)23(36)31-19(13-15-6-8-16(33)9-7-15)22(35)30-18(24(37)38)10-12-39-3/h6-9,14,17-20,33H,4-5,10-13,26H2,1-3H3,(H,30,35)(H,31,36)(H,32,34)(H,37,38)(H4,27,28,29). The molecule has 39 heavy (non-hydrogen) atoms. The summed E-state index contributed by atoms with van der Waals surface area (Å²) >= 11 is 1.44. The number of rotatable bonds is 17. The van der Waals surface area contributed by atoms with Gasteiger partial charge in [-0.05, 0) is 54.9 Å². The van der Waals surface area contributed by atoms with E-state index in [1.165, 1.54) is 23.9 Å². The molecule has 0 saturated carbocycles. The lowest BCUT2D eigenvalue weighted by Gasteiger charge is -2.27. The van der Waals surface area contributed by atoms with Crippen LogP contribution in [0.25, 0.3) is 0 Å². The van der Waals surface area contributed by atoms with Crippen molar-refractivity contribution in [2.45, 2.75) is 63.7 Å². The van der Waals surface area contributed by atoms with E-state index in [2.05, 4.69) is 20.9 Å². The molecular formula is C25H41N7O6S. The number of thioether (sulfide) groups is 1. The molecule has 13 nitrogen and oxygen atoms in total. The largest absolute Gasteiger partial charge is 0.508 e. The molecule has 3 amide bonds. The summed E-state index contributed by atoms with van der Waals surface area (Å²) in [5, 5.41) is 26.9. The van der Waals surface area contributed by atoms with Gasteiger partial charge in [-0.3, -0.25) is 19.4 Å². The molecule has 0 aromatic heterocycles. The number of guanidine groups is 1. The molecule has 0 radical (unpaired) electrons. The van der Waals surface area contributed by atoms with Crippen molar-refractivity contribution in [3.8, 4) is 5.75 Å². The Bertz CT molecular complexity index is 986. The van der Waals surface area contributed by atoms with Gasteiger partial charge in [-0.1, -0.05) is 26.0 Å². The molecule has 1 rings (SSSR count). The summed E-state index contributed by atoms with van der Waals surface area (Å²) < 4.78 is 0. The quantitative estimate of drug-likeness (QED) is 0.0667. The number of phenolic OH excluding ortho intramolecular Hbond substituents is 1. The topological polar surface area (TPSA) is 235 Å². The fourth-order valence-corrected chi connectivity index (χ4v) is 4.02. The Morgan fingerprint density at radius 1 is 0.949 bits per heavy atom. The van der Waals surface area contributed by atoms with Gasteiger partial charge in [0.1, 0.15) is 23.9 Å². The van der Waals surface area contributed by atoms with E-state index in [1.54, 1.807) is 26.0 Å². The Hall–Kier alpha value is -3.52. The monoisotopic (exact) mass is 567 g/mol. The summed E-state index contributed by atoms with van der Waals surface area (Å²) in [7, 11) is 0. The summed E-state index contributed by atoms with van der Waals surface area (Å²) in [5.41, 5.74) is 17.2. The molecule has 218 valence electrons. The third-order valence-electron chi connectivity index (χ3n) is 5.79. The smallest absolute Gasteiger partial charge is 0.326 e. The molecule has 1 aromatic rings. The van der Waals surface area contributed by atoms with Crippen molar-refractivity contribution in [3.63, 3.8) is 0 Å². The molecule has 4 atom stereocenters. The molecule has 11 N–H and O–H groups in total. The molecule has 0 aliphatic rings. The van der Waals surface area contributed by atoms with Gasteiger partial charge in [0, 0.05) is 13.0 Å². The number of nitrogens with one attached hydrogen (secondary N) is 3. The number of nitrogens with two attached hydrogens (primary N) is 3. The number of carbonyl (C=O) groups excluding carboxylic acids is 3. The van der Waals surface area contributed by atoms with Crippen LogP contribution in [0.5, 0.6) is 5.75 Å². The number of carbonyl (C=O) groups is 4. The van der Waals surface area contributed by atoms with Crippen LogP contribution in [-0.2, 0) is 25.6 Å². The zero-order valence-corrected chi connectivity index (χ0v) is 23.4. The van der Waals surface area contributed by atoms with E-state index in [1.807, 2.05) is 6.26 Å². The van der Waals surface area contributed by atoms with Crippen molar-refractivity contribution in [1.82, 2.24) is 16.0 Å². The molecule has 0 bridgehead atoms. The molecule has 0 fully saturated rings. The van der Waals surface area contributed by atoms with Crippen LogP contribution in [0.2, 0.25) is 0 Å². The average molecular weight is 568 g/mol. The number of aliphatic carboxylic acids is 1. The Balaban J connectivity index is 3.03. The highest BCUT2D eigenvalue weighted by molar-refractivity contribution is 7.98. The molecule has 0 saturated heterocycles. The zero-order valence-electron chi connectivity index (χ0n) is 22.6. The van der Waals surface area contributed by atoms with E-state index in [0.717, 1.165) is 0 Å². The molecule has 0 aliphatic heterocycles. The first kappa shape index (κ1) is 33.5. The summed E-state index contributed by atoms with van der Waals surface area (Å²) in [4.78, 5) is 54.6. The third-order valence-corrected chi connectivity index (χ3v) is 6.43. The first-order chi connectivity index (χ1) is 18.3. The van der Waals surface area contributed by atoms with E-state index in [0.29, 0.717) is 24.3 Å². The number of carboxylic acid groups (broad SMARTS) is 1. The van der Waals surface area contributed by atoms with E-state index >= 15 is 0 Å². The van der Waals surface area contributed by atoms with Crippen LogP contribution in [0, 0.1) is 5.92 Å². The minimum atomic E-state index is -1.19. The van der Waals surface area contributed by atoms with Crippen LogP contribution in [0.15, 0.2) is 29.3 Å². The fourth-order valence-electron chi connectivity index (χ4n) is 3.55.